The number of hydrogen-bond donors (Lipinski definition) is 1. The molecule has 118 valence electrons. The molecule has 0 aliphatic carbocycles. The number of ether oxygens (including phenoxy) is 1. The molecular weight excluding hydrogens is 332 g/mol. The number of alkyl carbamates (subject to hydrolysis) is 1. The Hall–Kier alpha value is -1.07. The van der Waals surface area contributed by atoms with E-state index in [0.717, 1.165) is 24.1 Å². The van der Waals surface area contributed by atoms with Gasteiger partial charge in [-0.05, 0) is 45.0 Å². The molecule has 1 aromatic rings. The maximum absolute atomic E-state index is 11.6. The Bertz CT molecular complexity index is 458. The highest BCUT2D eigenvalue weighted by atomic mass is 79.9. The van der Waals surface area contributed by atoms with Gasteiger partial charge < -0.3 is 10.1 Å². The zero-order chi connectivity index (χ0) is 15.9. The fourth-order valence-electron chi connectivity index (χ4n) is 1.87. The first-order valence-corrected chi connectivity index (χ1v) is 8.03. The van der Waals surface area contributed by atoms with Crippen LogP contribution in [0, 0.1) is 0 Å². The lowest BCUT2D eigenvalue weighted by Gasteiger charge is -2.22. The first-order chi connectivity index (χ1) is 9.80. The molecule has 0 saturated carbocycles. The van der Waals surface area contributed by atoms with Crippen molar-refractivity contribution >= 4 is 22.0 Å². The fourth-order valence-corrected chi connectivity index (χ4v) is 2.32. The van der Waals surface area contributed by atoms with Crippen molar-refractivity contribution in [1.82, 2.24) is 10.2 Å². The van der Waals surface area contributed by atoms with Gasteiger partial charge in [-0.3, -0.25) is 4.90 Å². The lowest BCUT2D eigenvalue weighted by atomic mass is 10.2. The number of nitrogens with one attached hydrogen (secondary N) is 1. The minimum Gasteiger partial charge on any atom is -0.444 e. The molecular formula is C16H25BrN2O2. The Morgan fingerprint density at radius 1 is 1.38 bits per heavy atom. The van der Waals surface area contributed by atoms with Crippen LogP contribution < -0.4 is 5.32 Å². The zero-order valence-electron chi connectivity index (χ0n) is 13.3. The average molecular weight is 357 g/mol. The summed E-state index contributed by atoms with van der Waals surface area (Å²) in [6.07, 6.45) is -0.360. The number of hydrogen-bond acceptors (Lipinski definition) is 3. The third-order valence-electron chi connectivity index (χ3n) is 2.84. The molecule has 0 atom stereocenters. The van der Waals surface area contributed by atoms with Gasteiger partial charge in [-0.2, -0.15) is 0 Å². The third kappa shape index (κ3) is 8.07. The maximum atomic E-state index is 11.6. The number of likely N-dealkylation sites (N-methyl/N-ethyl adjacent to an activating group) is 1. The SMILES string of the molecule is CCN(CCNC(=O)OC(C)(C)C)Cc1cccc(Br)c1. The summed E-state index contributed by atoms with van der Waals surface area (Å²) in [5, 5.41) is 2.79. The number of amides is 1. The molecule has 21 heavy (non-hydrogen) atoms. The topological polar surface area (TPSA) is 41.6 Å². The molecule has 0 aromatic heterocycles. The minimum atomic E-state index is -0.454. The average Bonchev–Trinajstić information content (AvgIpc) is 2.35. The Morgan fingerprint density at radius 2 is 2.10 bits per heavy atom. The maximum Gasteiger partial charge on any atom is 0.407 e. The summed E-state index contributed by atoms with van der Waals surface area (Å²) in [5.74, 6) is 0. The smallest absolute Gasteiger partial charge is 0.407 e. The van der Waals surface area contributed by atoms with Crippen LogP contribution in [-0.4, -0.2) is 36.2 Å². The summed E-state index contributed by atoms with van der Waals surface area (Å²) in [7, 11) is 0. The molecule has 1 N–H and O–H groups in total. The van der Waals surface area contributed by atoms with Crippen molar-refractivity contribution in [2.45, 2.75) is 39.8 Å². The Kier molecular flexibility index (Phi) is 7.18. The molecule has 0 saturated heterocycles. The van der Waals surface area contributed by atoms with Crippen LogP contribution in [0.3, 0.4) is 0 Å². The third-order valence-corrected chi connectivity index (χ3v) is 3.33. The van der Waals surface area contributed by atoms with Gasteiger partial charge >= 0.3 is 6.09 Å². The van der Waals surface area contributed by atoms with Crippen molar-refractivity contribution in [3.63, 3.8) is 0 Å². The van der Waals surface area contributed by atoms with Gasteiger partial charge in [0, 0.05) is 24.1 Å². The summed E-state index contributed by atoms with van der Waals surface area (Å²) in [6.45, 7) is 10.9. The van der Waals surface area contributed by atoms with Gasteiger partial charge in [0.25, 0.3) is 0 Å². The van der Waals surface area contributed by atoms with Crippen molar-refractivity contribution in [2.75, 3.05) is 19.6 Å². The number of carbonyl (C=O) groups is 1. The van der Waals surface area contributed by atoms with E-state index in [2.05, 4.69) is 45.2 Å². The van der Waals surface area contributed by atoms with Gasteiger partial charge in [-0.1, -0.05) is 35.0 Å². The highest BCUT2D eigenvalue weighted by Gasteiger charge is 2.15. The fraction of sp³-hybridized carbons (Fsp3) is 0.562. The van der Waals surface area contributed by atoms with E-state index in [1.54, 1.807) is 0 Å². The van der Waals surface area contributed by atoms with E-state index in [4.69, 9.17) is 4.74 Å². The number of carbonyl (C=O) groups excluding carboxylic acids is 1. The summed E-state index contributed by atoms with van der Waals surface area (Å²) in [5.41, 5.74) is 0.800. The van der Waals surface area contributed by atoms with Gasteiger partial charge in [-0.25, -0.2) is 4.79 Å². The molecule has 0 bridgehead atoms. The predicted octanol–water partition coefficient (Wildman–Crippen LogP) is 3.80. The highest BCUT2D eigenvalue weighted by Crippen LogP contribution is 2.13. The molecule has 0 radical (unpaired) electrons. The number of halogens is 1. The first kappa shape index (κ1) is 18.0. The molecule has 4 nitrogen and oxygen atoms in total. The lowest BCUT2D eigenvalue weighted by Crippen LogP contribution is -2.37. The largest absolute Gasteiger partial charge is 0.444 e. The van der Waals surface area contributed by atoms with E-state index < -0.39 is 5.60 Å². The van der Waals surface area contributed by atoms with Gasteiger partial charge in [0.2, 0.25) is 0 Å². The Morgan fingerprint density at radius 3 is 2.67 bits per heavy atom. The normalized spacial score (nSPS) is 11.5. The molecule has 1 rings (SSSR count). The monoisotopic (exact) mass is 356 g/mol. The second-order valence-electron chi connectivity index (χ2n) is 5.93. The van der Waals surface area contributed by atoms with E-state index in [1.165, 1.54) is 5.56 Å². The van der Waals surface area contributed by atoms with Gasteiger partial charge in [0.05, 0.1) is 0 Å². The standard InChI is InChI=1S/C16H25BrN2O2/c1-5-19(12-13-7-6-8-14(17)11-13)10-9-18-15(20)21-16(2,3)4/h6-8,11H,5,9-10,12H2,1-4H3,(H,18,20). The summed E-state index contributed by atoms with van der Waals surface area (Å²) < 4.78 is 6.30. The number of rotatable bonds is 6. The van der Waals surface area contributed by atoms with Crippen LogP contribution in [0.4, 0.5) is 4.79 Å². The molecule has 1 aromatic carbocycles. The Labute approximate surface area is 136 Å². The first-order valence-electron chi connectivity index (χ1n) is 7.24. The van der Waals surface area contributed by atoms with Crippen molar-refractivity contribution in [1.29, 1.82) is 0 Å². The van der Waals surface area contributed by atoms with Gasteiger partial charge in [0.15, 0.2) is 0 Å². The van der Waals surface area contributed by atoms with E-state index in [9.17, 15) is 4.79 Å². The number of nitrogens with zero attached hydrogens (tertiary/aromatic N) is 1. The van der Waals surface area contributed by atoms with Crippen LogP contribution in [-0.2, 0) is 11.3 Å². The van der Waals surface area contributed by atoms with E-state index in [1.807, 2.05) is 32.9 Å². The van der Waals surface area contributed by atoms with Gasteiger partial charge in [-0.15, -0.1) is 0 Å². The molecule has 0 unspecified atom stereocenters. The van der Waals surface area contributed by atoms with E-state index in [-0.39, 0.29) is 6.09 Å². The summed E-state index contributed by atoms with van der Waals surface area (Å²) in [6, 6.07) is 8.27. The van der Waals surface area contributed by atoms with E-state index in [0.29, 0.717) is 6.54 Å². The number of benzene rings is 1. The van der Waals surface area contributed by atoms with Crippen molar-refractivity contribution in [2.24, 2.45) is 0 Å². The summed E-state index contributed by atoms with van der Waals surface area (Å²) >= 11 is 3.48. The molecule has 0 fully saturated rings. The molecule has 0 heterocycles. The second kappa shape index (κ2) is 8.39. The Balaban J connectivity index is 2.36. The predicted molar refractivity (Wildman–Crippen MR) is 89.3 cm³/mol. The van der Waals surface area contributed by atoms with Crippen molar-refractivity contribution in [3.8, 4) is 0 Å². The van der Waals surface area contributed by atoms with Crippen LogP contribution in [0.5, 0.6) is 0 Å². The van der Waals surface area contributed by atoms with Crippen LogP contribution in [0.25, 0.3) is 0 Å². The van der Waals surface area contributed by atoms with Crippen molar-refractivity contribution in [3.05, 3.63) is 34.3 Å². The zero-order valence-corrected chi connectivity index (χ0v) is 14.9. The molecule has 0 spiro atoms. The highest BCUT2D eigenvalue weighted by molar-refractivity contribution is 9.10. The minimum absolute atomic E-state index is 0.360. The van der Waals surface area contributed by atoms with Crippen LogP contribution >= 0.6 is 15.9 Å². The quantitative estimate of drug-likeness (QED) is 0.842. The summed E-state index contributed by atoms with van der Waals surface area (Å²) in [4.78, 5) is 13.9. The molecule has 0 aliphatic rings. The molecule has 1 amide bonds. The lowest BCUT2D eigenvalue weighted by molar-refractivity contribution is 0.0522. The second-order valence-corrected chi connectivity index (χ2v) is 6.84. The molecule has 0 aliphatic heterocycles. The van der Waals surface area contributed by atoms with Gasteiger partial charge in [0.1, 0.15) is 5.60 Å². The van der Waals surface area contributed by atoms with Crippen molar-refractivity contribution < 1.29 is 9.53 Å². The van der Waals surface area contributed by atoms with E-state index >= 15 is 0 Å². The molecule has 5 heteroatoms. The van der Waals surface area contributed by atoms with Crippen LogP contribution in [0.15, 0.2) is 28.7 Å². The van der Waals surface area contributed by atoms with Crippen LogP contribution in [0.2, 0.25) is 0 Å². The van der Waals surface area contributed by atoms with Crippen LogP contribution in [0.1, 0.15) is 33.3 Å².